The minimum absolute atomic E-state index is 0.147. The molecule has 128 valence electrons. The second-order valence-electron chi connectivity index (χ2n) is 5.40. The van der Waals surface area contributed by atoms with Crippen LogP contribution in [-0.2, 0) is 9.53 Å². The van der Waals surface area contributed by atoms with Gasteiger partial charge in [-0.25, -0.2) is 14.6 Å². The van der Waals surface area contributed by atoms with Gasteiger partial charge in [-0.05, 0) is 35.7 Å². The number of carbonyl (C=O) groups is 2. The van der Waals surface area contributed by atoms with Gasteiger partial charge in [-0.15, -0.1) is 11.3 Å². The molecule has 0 unspecified atom stereocenters. The minimum atomic E-state index is -1.01. The van der Waals surface area contributed by atoms with Gasteiger partial charge in [0.15, 0.2) is 5.70 Å². The molecule has 1 aromatic carbocycles. The molecule has 3 heterocycles. The summed E-state index contributed by atoms with van der Waals surface area (Å²) in [5.41, 5.74) is 0.947. The number of carbonyl (C=O) groups excluding carboxylic acids is 1. The third-order valence-corrected chi connectivity index (χ3v) is 4.51. The number of carboxylic acid groups (broad SMARTS) is 1. The number of rotatable bonds is 4. The van der Waals surface area contributed by atoms with E-state index in [2.05, 4.69) is 4.99 Å². The second-order valence-corrected chi connectivity index (χ2v) is 6.35. The number of hydrogen-bond donors (Lipinski definition) is 1. The smallest absolute Gasteiger partial charge is 0.363 e. The van der Waals surface area contributed by atoms with Crippen LogP contribution in [0.5, 0.6) is 0 Å². The molecule has 2 aromatic heterocycles. The monoisotopic (exact) mass is 365 g/mol. The van der Waals surface area contributed by atoms with Crippen molar-refractivity contribution in [1.82, 2.24) is 0 Å². The first-order chi connectivity index (χ1) is 12.6. The number of aromatic carboxylic acids is 1. The molecular weight excluding hydrogens is 354 g/mol. The lowest BCUT2D eigenvalue weighted by Crippen LogP contribution is -2.03. The molecular formula is C19H11NO5S. The summed E-state index contributed by atoms with van der Waals surface area (Å²) in [7, 11) is 0. The quantitative estimate of drug-likeness (QED) is 0.556. The van der Waals surface area contributed by atoms with Gasteiger partial charge in [-0.1, -0.05) is 18.2 Å². The number of cyclic esters (lactones) is 1. The van der Waals surface area contributed by atoms with Gasteiger partial charge in [0.05, 0.1) is 10.4 Å². The Labute approximate surface area is 151 Å². The van der Waals surface area contributed by atoms with Crippen molar-refractivity contribution >= 4 is 35.2 Å². The molecule has 1 N–H and O–H groups in total. The van der Waals surface area contributed by atoms with Crippen LogP contribution in [0.3, 0.4) is 0 Å². The van der Waals surface area contributed by atoms with Crippen LogP contribution in [0.2, 0.25) is 0 Å². The zero-order chi connectivity index (χ0) is 18.1. The zero-order valence-corrected chi connectivity index (χ0v) is 14.0. The third-order valence-electron chi connectivity index (χ3n) is 3.65. The molecule has 1 aliphatic heterocycles. The summed E-state index contributed by atoms with van der Waals surface area (Å²) in [6, 6.07) is 13.5. The standard InChI is InChI=1S/C19H11NO5S/c21-18(22)12-4-1-3-11(9-12)15-7-6-13(24-15)10-14-19(23)25-17(20-14)16-5-2-8-26-16/h1-10H,(H,21,22)/b14-10-. The summed E-state index contributed by atoms with van der Waals surface area (Å²) in [6.45, 7) is 0. The highest BCUT2D eigenvalue weighted by atomic mass is 32.1. The van der Waals surface area contributed by atoms with Crippen LogP contribution >= 0.6 is 11.3 Å². The van der Waals surface area contributed by atoms with Crippen LogP contribution < -0.4 is 0 Å². The van der Waals surface area contributed by atoms with E-state index in [1.807, 2.05) is 17.5 Å². The first kappa shape index (κ1) is 16.0. The van der Waals surface area contributed by atoms with E-state index < -0.39 is 11.9 Å². The predicted molar refractivity (Wildman–Crippen MR) is 96.0 cm³/mol. The van der Waals surface area contributed by atoms with Crippen LogP contribution in [0.25, 0.3) is 17.4 Å². The molecule has 1 aliphatic rings. The lowest BCUT2D eigenvalue weighted by Gasteiger charge is -1.99. The molecule has 0 aliphatic carbocycles. The molecule has 0 amide bonds. The maximum absolute atomic E-state index is 12.0. The average molecular weight is 365 g/mol. The Morgan fingerprint density at radius 1 is 1.15 bits per heavy atom. The number of thiophene rings is 1. The number of furan rings is 1. The van der Waals surface area contributed by atoms with Crippen molar-refractivity contribution < 1.29 is 23.8 Å². The highest BCUT2D eigenvalue weighted by Crippen LogP contribution is 2.26. The summed E-state index contributed by atoms with van der Waals surface area (Å²) >= 11 is 1.43. The van der Waals surface area contributed by atoms with Crippen molar-refractivity contribution in [3.05, 3.63) is 75.8 Å². The van der Waals surface area contributed by atoms with Gasteiger partial charge in [0.1, 0.15) is 11.5 Å². The summed E-state index contributed by atoms with van der Waals surface area (Å²) in [6.07, 6.45) is 1.49. The van der Waals surface area contributed by atoms with E-state index in [0.717, 1.165) is 4.88 Å². The van der Waals surface area contributed by atoms with Crippen molar-refractivity contribution in [2.75, 3.05) is 0 Å². The summed E-state index contributed by atoms with van der Waals surface area (Å²) < 4.78 is 10.9. The summed E-state index contributed by atoms with van der Waals surface area (Å²) in [5.74, 6) is -0.362. The first-order valence-corrected chi connectivity index (χ1v) is 8.48. The normalized spacial score (nSPS) is 15.2. The molecule has 0 bridgehead atoms. The van der Waals surface area contributed by atoms with E-state index in [1.54, 1.807) is 24.3 Å². The van der Waals surface area contributed by atoms with Crippen LogP contribution in [0.1, 0.15) is 21.0 Å². The Balaban J connectivity index is 1.62. The number of aliphatic imine (C=N–C) groups is 1. The molecule has 0 atom stereocenters. The zero-order valence-electron chi connectivity index (χ0n) is 13.2. The number of nitrogens with zero attached hydrogens (tertiary/aromatic N) is 1. The molecule has 6 nitrogen and oxygen atoms in total. The van der Waals surface area contributed by atoms with E-state index in [9.17, 15) is 9.59 Å². The number of esters is 1. The van der Waals surface area contributed by atoms with Crippen molar-refractivity contribution in [2.24, 2.45) is 4.99 Å². The lowest BCUT2D eigenvalue weighted by atomic mass is 10.1. The molecule has 0 spiro atoms. The fraction of sp³-hybridized carbons (Fsp3) is 0. The fourth-order valence-electron chi connectivity index (χ4n) is 2.44. The largest absolute Gasteiger partial charge is 0.478 e. The van der Waals surface area contributed by atoms with Gasteiger partial charge in [-0.2, -0.15) is 0 Å². The number of benzene rings is 1. The van der Waals surface area contributed by atoms with Crippen molar-refractivity contribution in [2.45, 2.75) is 0 Å². The Morgan fingerprint density at radius 2 is 2.04 bits per heavy atom. The highest BCUT2D eigenvalue weighted by molar-refractivity contribution is 7.12. The maximum atomic E-state index is 12.0. The SMILES string of the molecule is O=C1OC(c2cccs2)=N/C1=C\c1ccc(-c2cccc(C(=O)O)c2)o1. The van der Waals surface area contributed by atoms with E-state index in [-0.39, 0.29) is 17.2 Å². The second kappa shape index (κ2) is 6.45. The summed E-state index contributed by atoms with van der Waals surface area (Å²) in [4.78, 5) is 28.0. The summed E-state index contributed by atoms with van der Waals surface area (Å²) in [5, 5.41) is 11.0. The Bertz CT molecular complexity index is 1060. The third kappa shape index (κ3) is 3.07. The van der Waals surface area contributed by atoms with Gasteiger partial charge in [0.25, 0.3) is 0 Å². The van der Waals surface area contributed by atoms with E-state index in [1.165, 1.54) is 29.5 Å². The van der Waals surface area contributed by atoms with E-state index in [4.69, 9.17) is 14.3 Å². The molecule has 0 saturated heterocycles. The van der Waals surface area contributed by atoms with Gasteiger partial charge >= 0.3 is 11.9 Å². The molecule has 0 fully saturated rings. The molecule has 3 aromatic rings. The van der Waals surface area contributed by atoms with Crippen molar-refractivity contribution in [1.29, 1.82) is 0 Å². The van der Waals surface area contributed by atoms with Crippen LogP contribution in [0.4, 0.5) is 0 Å². The van der Waals surface area contributed by atoms with Crippen molar-refractivity contribution in [3.8, 4) is 11.3 Å². The van der Waals surface area contributed by atoms with Crippen molar-refractivity contribution in [3.63, 3.8) is 0 Å². The maximum Gasteiger partial charge on any atom is 0.363 e. The van der Waals surface area contributed by atoms with Crippen LogP contribution in [0.15, 0.2) is 69.0 Å². The Morgan fingerprint density at radius 3 is 2.81 bits per heavy atom. The minimum Gasteiger partial charge on any atom is -0.478 e. The molecule has 4 rings (SSSR count). The predicted octanol–water partition coefficient (Wildman–Crippen LogP) is 4.05. The molecule has 7 heteroatoms. The van der Waals surface area contributed by atoms with Gasteiger partial charge in [0.2, 0.25) is 5.90 Å². The van der Waals surface area contributed by atoms with Gasteiger partial charge < -0.3 is 14.3 Å². The number of carboxylic acids is 1. The molecule has 0 radical (unpaired) electrons. The highest BCUT2D eigenvalue weighted by Gasteiger charge is 2.25. The van der Waals surface area contributed by atoms with Crippen LogP contribution in [0, 0.1) is 0 Å². The van der Waals surface area contributed by atoms with E-state index in [0.29, 0.717) is 17.1 Å². The Kier molecular flexibility index (Phi) is 3.98. The molecule has 0 saturated carbocycles. The Hall–Kier alpha value is -3.45. The van der Waals surface area contributed by atoms with Crippen LogP contribution in [-0.4, -0.2) is 22.9 Å². The fourth-order valence-corrected chi connectivity index (χ4v) is 3.09. The number of ether oxygens (including phenoxy) is 1. The van der Waals surface area contributed by atoms with Gasteiger partial charge in [-0.3, -0.25) is 0 Å². The topological polar surface area (TPSA) is 89.1 Å². The molecule has 26 heavy (non-hydrogen) atoms. The van der Waals surface area contributed by atoms with Gasteiger partial charge in [0, 0.05) is 11.6 Å². The van der Waals surface area contributed by atoms with E-state index >= 15 is 0 Å². The number of hydrogen-bond acceptors (Lipinski definition) is 6. The lowest BCUT2D eigenvalue weighted by molar-refractivity contribution is -0.129. The first-order valence-electron chi connectivity index (χ1n) is 7.60. The average Bonchev–Trinajstić information content (AvgIpc) is 3.37.